The zero-order valence-electron chi connectivity index (χ0n) is 18.5. The summed E-state index contributed by atoms with van der Waals surface area (Å²) >= 11 is 6.59. The van der Waals surface area contributed by atoms with Crippen LogP contribution in [0.4, 0.5) is 0 Å². The maximum Gasteiger partial charge on any atom is 0.224 e. The van der Waals surface area contributed by atoms with Crippen molar-refractivity contribution in [3.05, 3.63) is 53.1 Å². The van der Waals surface area contributed by atoms with Crippen molar-refractivity contribution >= 4 is 11.6 Å². The van der Waals surface area contributed by atoms with E-state index in [9.17, 15) is 20.4 Å². The summed E-state index contributed by atoms with van der Waals surface area (Å²) in [6, 6.07) is 7.80. The maximum absolute atomic E-state index is 10.7. The van der Waals surface area contributed by atoms with Gasteiger partial charge in [0.05, 0.1) is 25.2 Å². The van der Waals surface area contributed by atoms with E-state index in [-0.39, 0.29) is 11.5 Å². The summed E-state index contributed by atoms with van der Waals surface area (Å²) < 4.78 is 22.6. The lowest BCUT2D eigenvalue weighted by Gasteiger charge is -2.48. The third-order valence-electron chi connectivity index (χ3n) is 6.47. The van der Waals surface area contributed by atoms with E-state index in [4.69, 9.17) is 30.5 Å². The van der Waals surface area contributed by atoms with E-state index in [2.05, 4.69) is 0 Å². The smallest absolute Gasteiger partial charge is 0.224 e. The summed E-state index contributed by atoms with van der Waals surface area (Å²) in [6.45, 7) is 0.787. The van der Waals surface area contributed by atoms with Gasteiger partial charge in [0.1, 0.15) is 36.3 Å². The van der Waals surface area contributed by atoms with Gasteiger partial charge in [-0.1, -0.05) is 24.3 Å². The van der Waals surface area contributed by atoms with Crippen LogP contribution in [-0.4, -0.2) is 89.0 Å². The van der Waals surface area contributed by atoms with E-state index in [1.165, 1.54) is 7.11 Å². The molecule has 0 saturated carbocycles. The molecule has 8 nitrogen and oxygen atoms in total. The average Bonchev–Trinajstić information content (AvgIpc) is 3.34. The number of methoxy groups -OCH3 is 1. The van der Waals surface area contributed by atoms with Crippen LogP contribution in [0.1, 0.15) is 18.4 Å². The molecule has 182 valence electrons. The van der Waals surface area contributed by atoms with Crippen molar-refractivity contribution in [2.45, 2.75) is 60.9 Å². The highest BCUT2D eigenvalue weighted by atomic mass is 35.5. The van der Waals surface area contributed by atoms with Crippen LogP contribution in [0.2, 0.25) is 0 Å². The number of halogens is 1. The van der Waals surface area contributed by atoms with Gasteiger partial charge in [0.15, 0.2) is 0 Å². The predicted molar refractivity (Wildman–Crippen MR) is 120 cm³/mol. The van der Waals surface area contributed by atoms with E-state index in [0.717, 1.165) is 29.9 Å². The molecule has 4 N–H and O–H groups in total. The summed E-state index contributed by atoms with van der Waals surface area (Å²) in [4.78, 5) is 0. The molecule has 3 aliphatic rings. The lowest BCUT2D eigenvalue weighted by Crippen LogP contribution is -2.66. The fourth-order valence-electron chi connectivity index (χ4n) is 4.52. The number of ether oxygens (including phenoxy) is 4. The first-order valence-electron chi connectivity index (χ1n) is 11.1. The minimum Gasteiger partial charge on any atom is -0.488 e. The van der Waals surface area contributed by atoms with E-state index in [1.54, 1.807) is 12.2 Å². The SMILES string of the molecule is CO[C@@]1(C2=CCC(Cl)C(Cc3ccc(O[C@H]4CCOC4)cc3)=C2)O[C@H](CO)[C@@H](O)[C@H](O)[C@H]1O. The number of benzene rings is 1. The van der Waals surface area contributed by atoms with Crippen LogP contribution in [0.5, 0.6) is 5.75 Å². The lowest BCUT2D eigenvalue weighted by atomic mass is 9.83. The van der Waals surface area contributed by atoms with Crippen LogP contribution in [0.3, 0.4) is 0 Å². The topological polar surface area (TPSA) is 118 Å². The number of rotatable bonds is 7. The van der Waals surface area contributed by atoms with Gasteiger partial charge in [-0.05, 0) is 36.1 Å². The predicted octanol–water partition coefficient (Wildman–Crippen LogP) is 1.08. The standard InChI is InChI=1S/C24H31ClO8/c1-30-24(23(29)22(28)21(27)20(12-26)33-24)16-4-7-19(25)15(11-16)10-14-2-5-17(6-3-14)32-18-8-9-31-13-18/h2-6,11,18-23,26-29H,7-10,12-13H2,1H3/t18-,19?,20+,21+,22-,23+,24-/m0/s1. The molecule has 0 radical (unpaired) electrons. The Kier molecular flexibility index (Phi) is 7.77. The molecule has 9 heteroatoms. The van der Waals surface area contributed by atoms with Crippen molar-refractivity contribution in [1.82, 2.24) is 0 Å². The summed E-state index contributed by atoms with van der Waals surface area (Å²) in [7, 11) is 1.34. The second kappa shape index (κ2) is 10.4. The summed E-state index contributed by atoms with van der Waals surface area (Å²) in [6.07, 6.45) is -0.104. The molecule has 2 heterocycles. The fraction of sp³-hybridized carbons (Fsp3) is 0.583. The van der Waals surface area contributed by atoms with Crippen molar-refractivity contribution in [3.8, 4) is 5.75 Å². The zero-order valence-corrected chi connectivity index (χ0v) is 19.2. The van der Waals surface area contributed by atoms with Gasteiger partial charge in [-0.2, -0.15) is 0 Å². The molecule has 2 fully saturated rings. The minimum atomic E-state index is -1.74. The van der Waals surface area contributed by atoms with Gasteiger partial charge in [-0.25, -0.2) is 0 Å². The van der Waals surface area contributed by atoms with Crippen LogP contribution in [0, 0.1) is 0 Å². The fourth-order valence-corrected chi connectivity index (χ4v) is 4.75. The molecule has 2 aliphatic heterocycles. The molecular formula is C24H31ClO8. The molecule has 2 saturated heterocycles. The van der Waals surface area contributed by atoms with E-state index in [1.807, 2.05) is 24.3 Å². The first kappa shape index (κ1) is 24.6. The van der Waals surface area contributed by atoms with Gasteiger partial charge < -0.3 is 39.4 Å². The van der Waals surface area contributed by atoms with Crippen molar-refractivity contribution in [2.75, 3.05) is 26.9 Å². The van der Waals surface area contributed by atoms with E-state index < -0.39 is 36.8 Å². The first-order chi connectivity index (χ1) is 15.9. The Morgan fingerprint density at radius 3 is 2.55 bits per heavy atom. The van der Waals surface area contributed by atoms with Crippen molar-refractivity contribution in [3.63, 3.8) is 0 Å². The quantitative estimate of drug-likeness (QED) is 0.426. The Labute approximate surface area is 198 Å². The minimum absolute atomic E-state index is 0.0839. The highest BCUT2D eigenvalue weighted by Crippen LogP contribution is 2.40. The van der Waals surface area contributed by atoms with Gasteiger partial charge in [0.25, 0.3) is 0 Å². The van der Waals surface area contributed by atoms with Crippen LogP contribution in [-0.2, 0) is 20.6 Å². The molecule has 0 aromatic heterocycles. The van der Waals surface area contributed by atoms with Crippen molar-refractivity contribution < 1.29 is 39.4 Å². The third kappa shape index (κ3) is 4.99. The summed E-state index contributed by atoms with van der Waals surface area (Å²) in [5.41, 5.74) is 2.40. The maximum atomic E-state index is 10.7. The molecule has 0 bridgehead atoms. The summed E-state index contributed by atoms with van der Waals surface area (Å²) in [5.74, 6) is -0.954. The number of hydrogen-bond acceptors (Lipinski definition) is 8. The van der Waals surface area contributed by atoms with Gasteiger partial charge >= 0.3 is 0 Å². The van der Waals surface area contributed by atoms with Gasteiger partial charge in [-0.15, -0.1) is 11.6 Å². The van der Waals surface area contributed by atoms with Gasteiger partial charge in [0.2, 0.25) is 5.79 Å². The highest BCUT2D eigenvalue weighted by Gasteiger charge is 2.55. The Morgan fingerprint density at radius 1 is 1.15 bits per heavy atom. The van der Waals surface area contributed by atoms with Gasteiger partial charge in [0, 0.05) is 19.1 Å². The summed E-state index contributed by atoms with van der Waals surface area (Å²) in [5, 5.41) is 40.5. The Balaban J connectivity index is 1.52. The second-order valence-electron chi connectivity index (χ2n) is 8.64. The Morgan fingerprint density at radius 2 is 1.91 bits per heavy atom. The monoisotopic (exact) mass is 482 g/mol. The number of aliphatic hydroxyl groups excluding tert-OH is 4. The lowest BCUT2D eigenvalue weighted by molar-refractivity contribution is -0.339. The van der Waals surface area contributed by atoms with Crippen LogP contribution >= 0.6 is 11.6 Å². The molecule has 4 rings (SSSR count). The van der Waals surface area contributed by atoms with Crippen LogP contribution in [0.25, 0.3) is 0 Å². The number of aliphatic hydroxyl groups is 4. The number of hydrogen-bond donors (Lipinski definition) is 4. The largest absolute Gasteiger partial charge is 0.488 e. The molecular weight excluding hydrogens is 452 g/mol. The molecule has 7 atom stereocenters. The Hall–Kier alpha value is -1.49. The van der Waals surface area contributed by atoms with Crippen LogP contribution in [0.15, 0.2) is 47.6 Å². The Bertz CT molecular complexity index is 864. The average molecular weight is 483 g/mol. The van der Waals surface area contributed by atoms with E-state index >= 15 is 0 Å². The molecule has 33 heavy (non-hydrogen) atoms. The third-order valence-corrected chi connectivity index (χ3v) is 6.92. The van der Waals surface area contributed by atoms with Crippen molar-refractivity contribution in [2.24, 2.45) is 0 Å². The van der Waals surface area contributed by atoms with Crippen LogP contribution < -0.4 is 4.74 Å². The highest BCUT2D eigenvalue weighted by molar-refractivity contribution is 6.22. The number of allylic oxidation sites excluding steroid dienone is 2. The number of alkyl halides is 1. The zero-order chi connectivity index (χ0) is 23.6. The molecule has 1 aromatic rings. The molecule has 1 aromatic carbocycles. The molecule has 0 amide bonds. The molecule has 1 unspecified atom stereocenters. The van der Waals surface area contributed by atoms with Gasteiger partial charge in [-0.3, -0.25) is 0 Å². The second-order valence-corrected chi connectivity index (χ2v) is 9.17. The normalized spacial score (nSPS) is 36.9. The molecule has 1 aliphatic carbocycles. The first-order valence-corrected chi connectivity index (χ1v) is 11.6. The van der Waals surface area contributed by atoms with Crippen molar-refractivity contribution in [1.29, 1.82) is 0 Å². The molecule has 0 spiro atoms. The van der Waals surface area contributed by atoms with E-state index in [0.29, 0.717) is 25.0 Å².